The summed E-state index contributed by atoms with van der Waals surface area (Å²) < 4.78 is 7.82. The molecule has 0 spiro atoms. The van der Waals surface area contributed by atoms with Gasteiger partial charge in [-0.05, 0) is 67.4 Å². The first-order valence-electron chi connectivity index (χ1n) is 10.5. The number of nitrogens with zero attached hydrogens (tertiary/aromatic N) is 4. The van der Waals surface area contributed by atoms with E-state index in [1.807, 2.05) is 44.2 Å². The van der Waals surface area contributed by atoms with Gasteiger partial charge < -0.3 is 10.1 Å². The Bertz CT molecular complexity index is 1440. The zero-order valence-corrected chi connectivity index (χ0v) is 18.2. The molecule has 33 heavy (non-hydrogen) atoms. The number of aromatic nitrogens is 4. The SMILES string of the molecule is Cc1cc(C)cc(-n2ncc3c(Oc4cccc(C(=O)Nc5ccccc5)c4)ncnc32)c1. The number of aryl methyl sites for hydroxylation is 2. The molecule has 0 radical (unpaired) electrons. The Labute approximate surface area is 190 Å². The van der Waals surface area contributed by atoms with Gasteiger partial charge in [0.1, 0.15) is 17.5 Å². The summed E-state index contributed by atoms with van der Waals surface area (Å²) in [6.07, 6.45) is 3.14. The van der Waals surface area contributed by atoms with Crippen LogP contribution < -0.4 is 10.1 Å². The lowest BCUT2D eigenvalue weighted by atomic mass is 10.1. The predicted molar refractivity (Wildman–Crippen MR) is 127 cm³/mol. The van der Waals surface area contributed by atoms with Crippen LogP contribution in [0.4, 0.5) is 5.69 Å². The van der Waals surface area contributed by atoms with Crippen LogP contribution in [-0.2, 0) is 0 Å². The van der Waals surface area contributed by atoms with Crippen molar-refractivity contribution in [1.29, 1.82) is 0 Å². The molecule has 0 fully saturated rings. The van der Waals surface area contributed by atoms with Crippen LogP contribution in [0, 0.1) is 13.8 Å². The fraction of sp³-hybridized carbons (Fsp3) is 0.0769. The number of fused-ring (bicyclic) bond motifs is 1. The standard InChI is InChI=1S/C26H21N5O2/c1-17-11-18(2)13-21(12-17)31-24-23(15-29-31)26(28-16-27-24)33-22-10-6-7-19(14-22)25(32)30-20-8-4-3-5-9-20/h3-16H,1-2H3,(H,30,32). The van der Waals surface area contributed by atoms with Crippen molar-refractivity contribution < 1.29 is 9.53 Å². The highest BCUT2D eigenvalue weighted by Gasteiger charge is 2.14. The molecule has 1 amide bonds. The van der Waals surface area contributed by atoms with Crippen molar-refractivity contribution >= 4 is 22.6 Å². The van der Waals surface area contributed by atoms with Crippen molar-refractivity contribution in [3.05, 3.63) is 102 Å². The van der Waals surface area contributed by atoms with Crippen LogP contribution in [0.15, 0.2) is 85.3 Å². The van der Waals surface area contributed by atoms with Crippen LogP contribution in [0.25, 0.3) is 16.7 Å². The molecule has 0 unspecified atom stereocenters. The van der Waals surface area contributed by atoms with E-state index in [0.29, 0.717) is 28.2 Å². The van der Waals surface area contributed by atoms with Crippen LogP contribution in [0.2, 0.25) is 0 Å². The fourth-order valence-electron chi connectivity index (χ4n) is 3.70. The first kappa shape index (κ1) is 20.4. The summed E-state index contributed by atoms with van der Waals surface area (Å²) >= 11 is 0. The molecule has 5 rings (SSSR count). The van der Waals surface area contributed by atoms with Crippen molar-refractivity contribution in [2.75, 3.05) is 5.32 Å². The van der Waals surface area contributed by atoms with Crippen molar-refractivity contribution in [3.63, 3.8) is 0 Å². The molecule has 0 aliphatic rings. The Balaban J connectivity index is 1.43. The summed E-state index contributed by atoms with van der Waals surface area (Å²) in [4.78, 5) is 21.4. The number of rotatable bonds is 5. The van der Waals surface area contributed by atoms with Crippen LogP contribution >= 0.6 is 0 Å². The highest BCUT2D eigenvalue weighted by atomic mass is 16.5. The van der Waals surface area contributed by atoms with E-state index in [9.17, 15) is 4.79 Å². The second-order valence-electron chi connectivity index (χ2n) is 7.77. The highest BCUT2D eigenvalue weighted by molar-refractivity contribution is 6.04. The van der Waals surface area contributed by atoms with Crippen molar-refractivity contribution in [2.24, 2.45) is 0 Å². The molecule has 3 aromatic carbocycles. The smallest absolute Gasteiger partial charge is 0.255 e. The minimum absolute atomic E-state index is 0.220. The zero-order valence-electron chi connectivity index (χ0n) is 18.2. The summed E-state index contributed by atoms with van der Waals surface area (Å²) in [5, 5.41) is 8.07. The maximum absolute atomic E-state index is 12.6. The summed E-state index contributed by atoms with van der Waals surface area (Å²) in [7, 11) is 0. The van der Waals surface area contributed by atoms with E-state index in [1.54, 1.807) is 35.1 Å². The Morgan fingerprint density at radius 3 is 2.48 bits per heavy atom. The molecule has 0 aliphatic carbocycles. The molecular formula is C26H21N5O2. The average Bonchev–Trinajstić information content (AvgIpc) is 3.25. The Hall–Kier alpha value is -4.52. The fourth-order valence-corrected chi connectivity index (χ4v) is 3.70. The van der Waals surface area contributed by atoms with Gasteiger partial charge in [-0.25, -0.2) is 14.6 Å². The number of anilines is 1. The van der Waals surface area contributed by atoms with Gasteiger partial charge in [0.25, 0.3) is 5.91 Å². The third-order valence-corrected chi connectivity index (χ3v) is 5.12. The molecule has 5 aromatic rings. The largest absolute Gasteiger partial charge is 0.438 e. The number of amides is 1. The molecule has 162 valence electrons. The number of ether oxygens (including phenoxy) is 1. The molecule has 0 atom stereocenters. The van der Waals surface area contributed by atoms with Gasteiger partial charge in [-0.2, -0.15) is 5.10 Å². The van der Waals surface area contributed by atoms with Gasteiger partial charge in [-0.1, -0.05) is 30.3 Å². The second-order valence-corrected chi connectivity index (χ2v) is 7.77. The molecule has 0 aliphatic heterocycles. The molecule has 0 saturated heterocycles. The number of para-hydroxylation sites is 1. The van der Waals surface area contributed by atoms with Crippen molar-refractivity contribution in [3.8, 4) is 17.3 Å². The lowest BCUT2D eigenvalue weighted by Gasteiger charge is -2.09. The molecule has 7 heteroatoms. The highest BCUT2D eigenvalue weighted by Crippen LogP contribution is 2.28. The topological polar surface area (TPSA) is 81.9 Å². The van der Waals surface area contributed by atoms with E-state index in [4.69, 9.17) is 4.74 Å². The van der Waals surface area contributed by atoms with E-state index in [0.717, 1.165) is 22.5 Å². The van der Waals surface area contributed by atoms with E-state index in [-0.39, 0.29) is 5.91 Å². The van der Waals surface area contributed by atoms with Crippen LogP contribution in [-0.4, -0.2) is 25.7 Å². The van der Waals surface area contributed by atoms with Crippen molar-refractivity contribution in [1.82, 2.24) is 19.7 Å². The number of nitrogens with one attached hydrogen (secondary N) is 1. The minimum Gasteiger partial charge on any atom is -0.438 e. The maximum atomic E-state index is 12.6. The molecule has 1 N–H and O–H groups in total. The zero-order chi connectivity index (χ0) is 22.8. The normalized spacial score (nSPS) is 10.8. The Morgan fingerprint density at radius 1 is 0.909 bits per heavy atom. The number of carbonyl (C=O) groups excluding carboxylic acids is 1. The Kier molecular flexibility index (Phi) is 5.28. The number of hydrogen-bond acceptors (Lipinski definition) is 5. The lowest BCUT2D eigenvalue weighted by Crippen LogP contribution is -2.11. The minimum atomic E-state index is -0.220. The van der Waals surface area contributed by atoms with E-state index in [1.165, 1.54) is 6.33 Å². The van der Waals surface area contributed by atoms with Crippen LogP contribution in [0.1, 0.15) is 21.5 Å². The quantitative estimate of drug-likeness (QED) is 0.395. The van der Waals surface area contributed by atoms with Crippen molar-refractivity contribution in [2.45, 2.75) is 13.8 Å². The number of hydrogen-bond donors (Lipinski definition) is 1. The first-order chi connectivity index (χ1) is 16.1. The van der Waals surface area contributed by atoms with Gasteiger partial charge in [0, 0.05) is 11.3 Å². The van der Waals surface area contributed by atoms with Gasteiger partial charge in [0.05, 0.1) is 11.9 Å². The van der Waals surface area contributed by atoms with E-state index >= 15 is 0 Å². The van der Waals surface area contributed by atoms with Gasteiger partial charge in [0.15, 0.2) is 5.65 Å². The van der Waals surface area contributed by atoms with E-state index < -0.39 is 0 Å². The van der Waals surface area contributed by atoms with Gasteiger partial charge in [0.2, 0.25) is 5.88 Å². The van der Waals surface area contributed by atoms with Crippen LogP contribution in [0.3, 0.4) is 0 Å². The molecule has 7 nitrogen and oxygen atoms in total. The number of carbonyl (C=O) groups is 1. The first-order valence-corrected chi connectivity index (χ1v) is 10.5. The third kappa shape index (κ3) is 4.29. The Morgan fingerprint density at radius 2 is 1.70 bits per heavy atom. The summed E-state index contributed by atoms with van der Waals surface area (Å²) in [6.45, 7) is 4.10. The summed E-state index contributed by atoms with van der Waals surface area (Å²) in [6, 6.07) is 22.5. The molecular weight excluding hydrogens is 414 g/mol. The molecule has 0 bridgehead atoms. The van der Waals surface area contributed by atoms with E-state index in [2.05, 4.69) is 38.6 Å². The maximum Gasteiger partial charge on any atom is 0.255 e. The molecule has 2 aromatic heterocycles. The van der Waals surface area contributed by atoms with Gasteiger partial charge in [-0.3, -0.25) is 4.79 Å². The predicted octanol–water partition coefficient (Wildman–Crippen LogP) is 5.48. The van der Waals surface area contributed by atoms with Gasteiger partial charge in [-0.15, -0.1) is 0 Å². The second kappa shape index (κ2) is 8.55. The molecule has 0 saturated carbocycles. The lowest BCUT2D eigenvalue weighted by molar-refractivity contribution is 0.102. The van der Waals surface area contributed by atoms with Gasteiger partial charge >= 0.3 is 0 Å². The summed E-state index contributed by atoms with van der Waals surface area (Å²) in [5.74, 6) is 0.647. The monoisotopic (exact) mass is 435 g/mol. The molecule has 2 heterocycles. The van der Waals surface area contributed by atoms with Crippen LogP contribution in [0.5, 0.6) is 11.6 Å². The third-order valence-electron chi connectivity index (χ3n) is 5.12. The summed E-state index contributed by atoms with van der Waals surface area (Å²) in [5.41, 5.74) is 5.06. The number of benzene rings is 3. The average molecular weight is 435 g/mol.